The molecule has 0 aliphatic carbocycles. The molecule has 5 nitrogen and oxygen atoms in total. The molecule has 1 aromatic carbocycles. The zero-order valence-corrected chi connectivity index (χ0v) is 11.0. The normalized spacial score (nSPS) is 11.7. The predicted molar refractivity (Wildman–Crippen MR) is 66.3 cm³/mol. The van der Waals surface area contributed by atoms with Gasteiger partial charge >= 0.3 is 0 Å². The fraction of sp³-hybridized carbons (Fsp3) is 0.455. The summed E-state index contributed by atoms with van der Waals surface area (Å²) in [4.78, 5) is 0.0563. The highest BCUT2D eigenvalue weighted by atomic mass is 32.2. The fourth-order valence-electron chi connectivity index (χ4n) is 1.27. The van der Waals surface area contributed by atoms with Gasteiger partial charge in [0.25, 0.3) is 0 Å². The fourth-order valence-corrected chi connectivity index (χ4v) is 2.30. The maximum atomic E-state index is 12.7. The molecule has 2 N–H and O–H groups in total. The number of ether oxygens (including phenoxy) is 1. The Morgan fingerprint density at radius 1 is 1.17 bits per heavy atom. The number of rotatable bonds is 8. The first-order valence-corrected chi connectivity index (χ1v) is 6.99. The van der Waals surface area contributed by atoms with Gasteiger partial charge in [0.15, 0.2) is 0 Å². The molecule has 0 spiro atoms. The summed E-state index contributed by atoms with van der Waals surface area (Å²) in [5, 5.41) is 3.01. The Balaban J connectivity index is 2.38. The van der Waals surface area contributed by atoms with E-state index in [0.29, 0.717) is 19.7 Å². The van der Waals surface area contributed by atoms with Crippen LogP contribution in [0.1, 0.15) is 0 Å². The zero-order chi connectivity index (χ0) is 13.4. The highest BCUT2D eigenvalue weighted by molar-refractivity contribution is 7.89. The molecule has 1 aromatic rings. The van der Waals surface area contributed by atoms with Crippen molar-refractivity contribution in [3.63, 3.8) is 0 Å². The third kappa shape index (κ3) is 5.09. The molecule has 0 atom stereocenters. The van der Waals surface area contributed by atoms with E-state index in [1.807, 2.05) is 0 Å². The first kappa shape index (κ1) is 15.0. The van der Waals surface area contributed by atoms with Crippen LogP contribution in [0.4, 0.5) is 4.39 Å². The van der Waals surface area contributed by atoms with Gasteiger partial charge in [-0.15, -0.1) is 0 Å². The van der Waals surface area contributed by atoms with E-state index in [1.54, 1.807) is 7.11 Å². The lowest BCUT2D eigenvalue weighted by Gasteiger charge is -2.07. The molecule has 0 aromatic heterocycles. The van der Waals surface area contributed by atoms with Gasteiger partial charge in [-0.3, -0.25) is 0 Å². The third-order valence-electron chi connectivity index (χ3n) is 2.20. The predicted octanol–water partition coefficient (Wildman–Crippen LogP) is 0.340. The highest BCUT2D eigenvalue weighted by Gasteiger charge is 2.12. The summed E-state index contributed by atoms with van der Waals surface area (Å²) in [6.45, 7) is 2.01. The van der Waals surface area contributed by atoms with Gasteiger partial charge in [0.2, 0.25) is 10.0 Å². The Bertz CT molecular complexity index is 448. The highest BCUT2D eigenvalue weighted by Crippen LogP contribution is 2.08. The zero-order valence-electron chi connectivity index (χ0n) is 10.1. The maximum absolute atomic E-state index is 12.7. The van der Waals surface area contributed by atoms with Crippen LogP contribution in [0.15, 0.2) is 29.2 Å². The summed E-state index contributed by atoms with van der Waals surface area (Å²) in [6, 6.07) is 4.70. The van der Waals surface area contributed by atoms with Gasteiger partial charge in [-0.2, -0.15) is 0 Å². The first-order valence-electron chi connectivity index (χ1n) is 5.51. The molecule has 0 radical (unpaired) electrons. The number of benzene rings is 1. The molecular formula is C11H17FN2O3S. The second-order valence-electron chi connectivity index (χ2n) is 3.59. The number of hydrogen-bond acceptors (Lipinski definition) is 4. The van der Waals surface area contributed by atoms with Crippen LogP contribution in [0.2, 0.25) is 0 Å². The molecule has 18 heavy (non-hydrogen) atoms. The van der Waals surface area contributed by atoms with Gasteiger partial charge in [-0.05, 0) is 24.3 Å². The van der Waals surface area contributed by atoms with Crippen molar-refractivity contribution in [2.75, 3.05) is 33.4 Å². The second-order valence-corrected chi connectivity index (χ2v) is 5.36. The Morgan fingerprint density at radius 3 is 2.44 bits per heavy atom. The Morgan fingerprint density at radius 2 is 1.83 bits per heavy atom. The van der Waals surface area contributed by atoms with Gasteiger partial charge in [0.05, 0.1) is 11.5 Å². The average Bonchev–Trinajstić information content (AvgIpc) is 2.34. The lowest BCUT2D eigenvalue weighted by atomic mass is 10.4. The molecule has 0 aliphatic rings. The Labute approximate surface area is 106 Å². The number of sulfonamides is 1. The third-order valence-corrected chi connectivity index (χ3v) is 3.68. The second kappa shape index (κ2) is 7.42. The van der Waals surface area contributed by atoms with Crippen LogP contribution in [0.25, 0.3) is 0 Å². The minimum absolute atomic E-state index is 0.0563. The van der Waals surface area contributed by atoms with Crippen LogP contribution < -0.4 is 10.0 Å². The standard InChI is InChI=1S/C11H17FN2O3S/c1-17-9-8-13-6-7-14-18(15,16)11-4-2-10(12)3-5-11/h2-5,13-14H,6-9H2,1H3. The molecule has 1 rings (SSSR count). The van der Waals surface area contributed by atoms with E-state index < -0.39 is 15.8 Å². The van der Waals surface area contributed by atoms with Crippen molar-refractivity contribution in [2.45, 2.75) is 4.90 Å². The van der Waals surface area contributed by atoms with E-state index in [1.165, 1.54) is 12.1 Å². The van der Waals surface area contributed by atoms with Crippen LogP contribution in [0.5, 0.6) is 0 Å². The molecule has 0 heterocycles. The van der Waals surface area contributed by atoms with Crippen LogP contribution in [0, 0.1) is 5.82 Å². The van der Waals surface area contributed by atoms with Crippen LogP contribution in [0.3, 0.4) is 0 Å². The van der Waals surface area contributed by atoms with E-state index in [2.05, 4.69) is 10.0 Å². The molecular weight excluding hydrogens is 259 g/mol. The minimum Gasteiger partial charge on any atom is -0.383 e. The molecule has 0 bridgehead atoms. The first-order chi connectivity index (χ1) is 8.56. The molecule has 0 saturated carbocycles. The maximum Gasteiger partial charge on any atom is 0.240 e. The topological polar surface area (TPSA) is 67.4 Å². The minimum atomic E-state index is -3.56. The number of halogens is 1. The Kier molecular flexibility index (Phi) is 6.20. The van der Waals surface area contributed by atoms with Gasteiger partial charge in [-0.25, -0.2) is 17.5 Å². The van der Waals surface area contributed by atoms with Gasteiger partial charge in [0, 0.05) is 26.7 Å². The lowest BCUT2D eigenvalue weighted by Crippen LogP contribution is -2.33. The van der Waals surface area contributed by atoms with Crippen LogP contribution >= 0.6 is 0 Å². The van der Waals surface area contributed by atoms with E-state index in [-0.39, 0.29) is 11.4 Å². The largest absolute Gasteiger partial charge is 0.383 e. The number of methoxy groups -OCH3 is 1. The molecule has 7 heteroatoms. The monoisotopic (exact) mass is 276 g/mol. The van der Waals surface area contributed by atoms with Gasteiger partial charge in [-0.1, -0.05) is 0 Å². The molecule has 0 saturated heterocycles. The van der Waals surface area contributed by atoms with Crippen molar-refractivity contribution < 1.29 is 17.5 Å². The summed E-state index contributed by atoms with van der Waals surface area (Å²) in [5.74, 6) is -0.463. The molecule has 0 fully saturated rings. The summed E-state index contributed by atoms with van der Waals surface area (Å²) >= 11 is 0. The van der Waals surface area contributed by atoms with Gasteiger partial charge in [0.1, 0.15) is 5.82 Å². The van der Waals surface area contributed by atoms with Gasteiger partial charge < -0.3 is 10.1 Å². The van der Waals surface area contributed by atoms with Crippen molar-refractivity contribution in [1.82, 2.24) is 10.0 Å². The van der Waals surface area contributed by atoms with E-state index >= 15 is 0 Å². The van der Waals surface area contributed by atoms with E-state index in [0.717, 1.165) is 12.1 Å². The summed E-state index contributed by atoms with van der Waals surface area (Å²) in [5.41, 5.74) is 0. The molecule has 102 valence electrons. The smallest absolute Gasteiger partial charge is 0.240 e. The lowest BCUT2D eigenvalue weighted by molar-refractivity contribution is 0.199. The number of nitrogens with one attached hydrogen (secondary N) is 2. The molecule has 0 unspecified atom stereocenters. The quantitative estimate of drug-likeness (QED) is 0.672. The van der Waals surface area contributed by atoms with Crippen molar-refractivity contribution in [2.24, 2.45) is 0 Å². The average molecular weight is 276 g/mol. The number of hydrogen-bond donors (Lipinski definition) is 2. The summed E-state index contributed by atoms with van der Waals surface area (Å²) < 4.78 is 43.4. The van der Waals surface area contributed by atoms with E-state index in [9.17, 15) is 12.8 Å². The summed E-state index contributed by atoms with van der Waals surface area (Å²) in [7, 11) is -1.96. The van der Waals surface area contributed by atoms with Crippen molar-refractivity contribution in [1.29, 1.82) is 0 Å². The molecule has 0 aliphatic heterocycles. The Hall–Kier alpha value is -1.02. The van der Waals surface area contributed by atoms with Crippen molar-refractivity contribution in [3.05, 3.63) is 30.1 Å². The van der Waals surface area contributed by atoms with Crippen molar-refractivity contribution >= 4 is 10.0 Å². The van der Waals surface area contributed by atoms with Crippen LogP contribution in [-0.2, 0) is 14.8 Å². The SMILES string of the molecule is COCCNCCNS(=O)(=O)c1ccc(F)cc1. The summed E-state index contributed by atoms with van der Waals surface area (Å²) in [6.07, 6.45) is 0. The van der Waals surface area contributed by atoms with E-state index in [4.69, 9.17) is 4.74 Å². The van der Waals surface area contributed by atoms with Crippen LogP contribution in [-0.4, -0.2) is 41.8 Å². The molecule has 0 amide bonds. The van der Waals surface area contributed by atoms with Crippen molar-refractivity contribution in [3.8, 4) is 0 Å².